The maximum Gasteiger partial charge on any atom is 0.331 e. The van der Waals surface area contributed by atoms with Crippen LogP contribution in [0.25, 0.3) is 6.08 Å². The van der Waals surface area contributed by atoms with Crippen molar-refractivity contribution in [1.29, 1.82) is 0 Å². The minimum absolute atomic E-state index is 0.0933. The Labute approximate surface area is 134 Å². The monoisotopic (exact) mass is 320 g/mol. The normalized spacial score (nSPS) is 10.2. The Morgan fingerprint density at radius 2 is 1.96 bits per heavy atom. The van der Waals surface area contributed by atoms with Crippen LogP contribution >= 0.6 is 0 Å². The molecule has 0 spiro atoms. The van der Waals surface area contributed by atoms with E-state index < -0.39 is 18.5 Å². The standard InChI is InChI=1S/C16H20N2O5/c1-17-14(19)10-18(2)15(20)11-23-16(21)9-8-12-6-4-5-7-13(12)22-3/h4-9H,10-11H2,1-3H3,(H,17,19)/b9-8+. The van der Waals surface area contributed by atoms with Crippen molar-refractivity contribution >= 4 is 23.9 Å². The summed E-state index contributed by atoms with van der Waals surface area (Å²) in [7, 11) is 4.46. The van der Waals surface area contributed by atoms with E-state index in [1.165, 1.54) is 32.2 Å². The molecule has 0 bridgehead atoms. The van der Waals surface area contributed by atoms with Gasteiger partial charge < -0.3 is 19.7 Å². The number of esters is 1. The molecule has 0 saturated heterocycles. The van der Waals surface area contributed by atoms with E-state index in [-0.39, 0.29) is 12.5 Å². The number of rotatable bonds is 7. The van der Waals surface area contributed by atoms with E-state index in [9.17, 15) is 14.4 Å². The molecule has 7 heteroatoms. The summed E-state index contributed by atoms with van der Waals surface area (Å²) in [6.45, 7) is -0.521. The number of para-hydroxylation sites is 1. The molecule has 0 aliphatic rings. The first kappa shape index (κ1) is 18.2. The second kappa shape index (κ2) is 9.24. The summed E-state index contributed by atoms with van der Waals surface area (Å²) in [5.41, 5.74) is 0.718. The Balaban J connectivity index is 2.49. The summed E-state index contributed by atoms with van der Waals surface area (Å²) in [6, 6.07) is 7.17. The Morgan fingerprint density at radius 1 is 1.26 bits per heavy atom. The molecule has 0 fully saturated rings. The maximum atomic E-state index is 11.7. The zero-order chi connectivity index (χ0) is 17.2. The second-order valence-electron chi connectivity index (χ2n) is 4.61. The van der Waals surface area contributed by atoms with E-state index in [0.717, 1.165) is 5.56 Å². The molecule has 1 rings (SSSR count). The first-order valence-corrected chi connectivity index (χ1v) is 6.90. The van der Waals surface area contributed by atoms with Crippen molar-refractivity contribution in [2.75, 3.05) is 34.4 Å². The van der Waals surface area contributed by atoms with Gasteiger partial charge in [0.25, 0.3) is 5.91 Å². The fraction of sp³-hybridized carbons (Fsp3) is 0.312. The van der Waals surface area contributed by atoms with Crippen LogP contribution in [-0.2, 0) is 19.1 Å². The van der Waals surface area contributed by atoms with Gasteiger partial charge in [0.2, 0.25) is 5.91 Å². The smallest absolute Gasteiger partial charge is 0.331 e. The lowest BCUT2D eigenvalue weighted by Gasteiger charge is -2.15. The third kappa shape index (κ3) is 6.21. The van der Waals surface area contributed by atoms with Gasteiger partial charge in [-0.25, -0.2) is 4.79 Å². The van der Waals surface area contributed by atoms with Gasteiger partial charge in [0, 0.05) is 25.7 Å². The van der Waals surface area contributed by atoms with Crippen molar-refractivity contribution in [2.45, 2.75) is 0 Å². The summed E-state index contributed by atoms with van der Waals surface area (Å²) in [6.07, 6.45) is 2.75. The summed E-state index contributed by atoms with van der Waals surface area (Å²) < 4.78 is 10.00. The largest absolute Gasteiger partial charge is 0.496 e. The van der Waals surface area contributed by atoms with Crippen LogP contribution in [-0.4, -0.2) is 57.0 Å². The highest BCUT2D eigenvalue weighted by molar-refractivity contribution is 5.90. The zero-order valence-electron chi connectivity index (χ0n) is 13.4. The molecule has 7 nitrogen and oxygen atoms in total. The fourth-order valence-electron chi connectivity index (χ4n) is 1.64. The van der Waals surface area contributed by atoms with Crippen molar-refractivity contribution in [1.82, 2.24) is 10.2 Å². The lowest BCUT2D eigenvalue weighted by atomic mass is 10.2. The maximum absolute atomic E-state index is 11.7. The van der Waals surface area contributed by atoms with Crippen LogP contribution in [0.3, 0.4) is 0 Å². The van der Waals surface area contributed by atoms with Gasteiger partial charge in [-0.15, -0.1) is 0 Å². The number of methoxy groups -OCH3 is 1. The molecule has 2 amide bonds. The van der Waals surface area contributed by atoms with Gasteiger partial charge in [0.15, 0.2) is 6.61 Å². The molecule has 0 aromatic heterocycles. The summed E-state index contributed by atoms with van der Waals surface area (Å²) >= 11 is 0. The van der Waals surface area contributed by atoms with Crippen LogP contribution in [0.2, 0.25) is 0 Å². The highest BCUT2D eigenvalue weighted by Crippen LogP contribution is 2.18. The lowest BCUT2D eigenvalue weighted by molar-refractivity contribution is -0.148. The molecular weight excluding hydrogens is 300 g/mol. The minimum atomic E-state index is -0.655. The van der Waals surface area contributed by atoms with Gasteiger partial charge in [-0.2, -0.15) is 0 Å². The van der Waals surface area contributed by atoms with E-state index in [1.807, 2.05) is 12.1 Å². The number of carbonyl (C=O) groups excluding carboxylic acids is 3. The third-order valence-electron chi connectivity index (χ3n) is 2.96. The highest BCUT2D eigenvalue weighted by Gasteiger charge is 2.13. The van der Waals surface area contributed by atoms with Crippen LogP contribution in [0.1, 0.15) is 5.56 Å². The van der Waals surface area contributed by atoms with Crippen molar-refractivity contribution in [3.8, 4) is 5.75 Å². The Bertz CT molecular complexity index is 598. The predicted octanol–water partition coefficient (Wildman–Crippen LogP) is 0.456. The zero-order valence-corrected chi connectivity index (χ0v) is 13.4. The van der Waals surface area contributed by atoms with Crippen LogP contribution in [0.15, 0.2) is 30.3 Å². The number of carbonyl (C=O) groups is 3. The molecule has 0 aliphatic carbocycles. The SMILES string of the molecule is CNC(=O)CN(C)C(=O)COC(=O)/C=C/c1ccccc1OC. The Morgan fingerprint density at radius 3 is 2.61 bits per heavy atom. The van der Waals surface area contributed by atoms with Crippen molar-refractivity contribution in [2.24, 2.45) is 0 Å². The average molecular weight is 320 g/mol. The van der Waals surface area contributed by atoms with Gasteiger partial charge in [0.1, 0.15) is 5.75 Å². The lowest BCUT2D eigenvalue weighted by Crippen LogP contribution is -2.38. The second-order valence-corrected chi connectivity index (χ2v) is 4.61. The molecule has 1 aromatic carbocycles. The summed E-state index contributed by atoms with van der Waals surface area (Å²) in [5.74, 6) is -0.800. The number of benzene rings is 1. The molecule has 0 heterocycles. The molecule has 0 unspecified atom stereocenters. The van der Waals surface area contributed by atoms with E-state index in [2.05, 4.69) is 5.32 Å². The van der Waals surface area contributed by atoms with Crippen molar-refractivity contribution in [3.05, 3.63) is 35.9 Å². The topological polar surface area (TPSA) is 84.9 Å². The summed E-state index contributed by atoms with van der Waals surface area (Å²) in [4.78, 5) is 35.6. The number of nitrogens with one attached hydrogen (secondary N) is 1. The van der Waals surface area contributed by atoms with Crippen LogP contribution in [0.5, 0.6) is 5.75 Å². The predicted molar refractivity (Wildman–Crippen MR) is 84.7 cm³/mol. The van der Waals surface area contributed by atoms with Gasteiger partial charge >= 0.3 is 5.97 Å². The molecule has 0 aliphatic heterocycles. The molecular formula is C16H20N2O5. The first-order chi connectivity index (χ1) is 11.0. The molecule has 23 heavy (non-hydrogen) atoms. The fourth-order valence-corrected chi connectivity index (χ4v) is 1.64. The van der Waals surface area contributed by atoms with Gasteiger partial charge in [-0.1, -0.05) is 18.2 Å². The molecule has 0 atom stereocenters. The molecule has 0 radical (unpaired) electrons. The first-order valence-electron chi connectivity index (χ1n) is 6.90. The van der Waals surface area contributed by atoms with E-state index in [4.69, 9.17) is 9.47 Å². The van der Waals surface area contributed by atoms with E-state index >= 15 is 0 Å². The Hall–Kier alpha value is -2.83. The quantitative estimate of drug-likeness (QED) is 0.583. The van der Waals surface area contributed by atoms with Gasteiger partial charge in [-0.05, 0) is 12.1 Å². The molecule has 0 saturated carbocycles. The van der Waals surface area contributed by atoms with Crippen LogP contribution in [0, 0.1) is 0 Å². The van der Waals surface area contributed by atoms with E-state index in [0.29, 0.717) is 5.75 Å². The van der Waals surface area contributed by atoms with Crippen LogP contribution in [0.4, 0.5) is 0 Å². The Kier molecular flexibility index (Phi) is 7.32. The number of hydrogen-bond acceptors (Lipinski definition) is 5. The minimum Gasteiger partial charge on any atom is -0.496 e. The number of hydrogen-bond donors (Lipinski definition) is 1. The number of ether oxygens (including phenoxy) is 2. The van der Waals surface area contributed by atoms with Gasteiger partial charge in [0.05, 0.1) is 13.7 Å². The molecule has 1 N–H and O–H groups in total. The average Bonchev–Trinajstić information content (AvgIpc) is 2.57. The number of likely N-dealkylation sites (N-methyl/N-ethyl adjacent to an activating group) is 2. The summed E-state index contributed by atoms with van der Waals surface area (Å²) in [5, 5.41) is 2.40. The van der Waals surface area contributed by atoms with E-state index in [1.54, 1.807) is 18.2 Å². The molecule has 1 aromatic rings. The van der Waals surface area contributed by atoms with Crippen LogP contribution < -0.4 is 10.1 Å². The van der Waals surface area contributed by atoms with Crippen molar-refractivity contribution in [3.63, 3.8) is 0 Å². The third-order valence-corrected chi connectivity index (χ3v) is 2.96. The van der Waals surface area contributed by atoms with Gasteiger partial charge in [-0.3, -0.25) is 9.59 Å². The number of nitrogens with zero attached hydrogens (tertiary/aromatic N) is 1. The van der Waals surface area contributed by atoms with Crippen molar-refractivity contribution < 1.29 is 23.9 Å². The number of amides is 2. The highest BCUT2D eigenvalue weighted by atomic mass is 16.5. The molecule has 124 valence electrons.